The summed E-state index contributed by atoms with van der Waals surface area (Å²) in [6, 6.07) is 7.36. The quantitative estimate of drug-likeness (QED) is 0.675. The van der Waals surface area contributed by atoms with Crippen molar-refractivity contribution in [2.45, 2.75) is 13.3 Å². The molecular weight excluding hydrogens is 184 g/mol. The Labute approximate surface area is 83.0 Å². The second kappa shape index (κ2) is 4.83. The first-order valence-corrected chi connectivity index (χ1v) is 4.56. The summed E-state index contributed by atoms with van der Waals surface area (Å²) in [5.74, 6) is 0.134. The number of carbonyl (C=O) groups excluding carboxylic acids is 1. The Hall–Kier alpha value is -1.08. The lowest BCUT2D eigenvalue weighted by Gasteiger charge is -1.92. The largest absolute Gasteiger partial charge is 0.295 e. The van der Waals surface area contributed by atoms with Crippen LogP contribution in [0.3, 0.4) is 0 Å². The van der Waals surface area contributed by atoms with Crippen molar-refractivity contribution in [2.24, 2.45) is 0 Å². The van der Waals surface area contributed by atoms with E-state index in [4.69, 9.17) is 11.6 Å². The Morgan fingerprint density at radius 1 is 1.38 bits per heavy atom. The van der Waals surface area contributed by atoms with Gasteiger partial charge in [0.25, 0.3) is 0 Å². The van der Waals surface area contributed by atoms with E-state index in [1.54, 1.807) is 24.3 Å². The van der Waals surface area contributed by atoms with E-state index in [1.807, 2.05) is 19.1 Å². The van der Waals surface area contributed by atoms with Gasteiger partial charge >= 0.3 is 0 Å². The first kappa shape index (κ1) is 10.0. The van der Waals surface area contributed by atoms with Crippen molar-refractivity contribution >= 4 is 23.5 Å². The van der Waals surface area contributed by atoms with E-state index in [2.05, 4.69) is 0 Å². The lowest BCUT2D eigenvalue weighted by atomic mass is 10.2. The van der Waals surface area contributed by atoms with Crippen LogP contribution in [0.1, 0.15) is 18.9 Å². The van der Waals surface area contributed by atoms with Gasteiger partial charge in [-0.25, -0.2) is 0 Å². The van der Waals surface area contributed by atoms with Gasteiger partial charge in [-0.2, -0.15) is 0 Å². The summed E-state index contributed by atoms with van der Waals surface area (Å²) >= 11 is 5.71. The van der Waals surface area contributed by atoms with E-state index in [9.17, 15) is 4.79 Å². The molecule has 0 fully saturated rings. The van der Waals surface area contributed by atoms with Crippen LogP contribution in [0.25, 0.3) is 6.08 Å². The van der Waals surface area contributed by atoms with Crippen LogP contribution in [0.15, 0.2) is 30.3 Å². The molecule has 1 aromatic carbocycles. The maximum atomic E-state index is 10.9. The highest BCUT2D eigenvalue weighted by Gasteiger charge is 1.90. The Balaban J connectivity index is 2.69. The maximum Gasteiger partial charge on any atom is 0.155 e. The highest BCUT2D eigenvalue weighted by atomic mass is 35.5. The van der Waals surface area contributed by atoms with Crippen molar-refractivity contribution in [1.82, 2.24) is 0 Å². The van der Waals surface area contributed by atoms with E-state index in [0.29, 0.717) is 11.4 Å². The van der Waals surface area contributed by atoms with Crippen LogP contribution in [-0.4, -0.2) is 5.78 Å². The molecule has 0 radical (unpaired) electrons. The predicted octanol–water partition coefficient (Wildman–Crippen LogP) is 3.33. The van der Waals surface area contributed by atoms with Crippen molar-refractivity contribution in [2.75, 3.05) is 0 Å². The van der Waals surface area contributed by atoms with Gasteiger partial charge in [-0.15, -0.1) is 0 Å². The normalized spacial score (nSPS) is 10.6. The number of allylic oxidation sites excluding steroid dienone is 1. The van der Waals surface area contributed by atoms with Gasteiger partial charge in [-0.1, -0.05) is 36.7 Å². The molecule has 68 valence electrons. The maximum absolute atomic E-state index is 10.9. The first-order chi connectivity index (χ1) is 6.22. The number of carbonyl (C=O) groups is 1. The van der Waals surface area contributed by atoms with Gasteiger partial charge in [-0.3, -0.25) is 4.79 Å². The molecule has 13 heavy (non-hydrogen) atoms. The number of hydrogen-bond acceptors (Lipinski definition) is 1. The van der Waals surface area contributed by atoms with E-state index in [1.165, 1.54) is 0 Å². The van der Waals surface area contributed by atoms with Gasteiger partial charge in [0.15, 0.2) is 5.78 Å². The molecule has 0 bridgehead atoms. The SMILES string of the molecule is CCC(=O)/C=C/c1ccc(Cl)cc1. The summed E-state index contributed by atoms with van der Waals surface area (Å²) in [5.41, 5.74) is 0.992. The number of hydrogen-bond donors (Lipinski definition) is 0. The number of rotatable bonds is 3. The zero-order valence-corrected chi connectivity index (χ0v) is 8.21. The summed E-state index contributed by atoms with van der Waals surface area (Å²) in [5, 5.41) is 0.707. The molecule has 0 aliphatic carbocycles. The lowest BCUT2D eigenvalue weighted by molar-refractivity contribution is -0.114. The fourth-order valence-corrected chi connectivity index (χ4v) is 1.01. The minimum Gasteiger partial charge on any atom is -0.295 e. The van der Waals surface area contributed by atoms with E-state index in [-0.39, 0.29) is 5.78 Å². The third-order valence-corrected chi connectivity index (χ3v) is 1.93. The van der Waals surface area contributed by atoms with Crippen LogP contribution in [-0.2, 0) is 4.79 Å². The summed E-state index contributed by atoms with van der Waals surface area (Å²) in [4.78, 5) is 10.9. The Kier molecular flexibility index (Phi) is 3.71. The van der Waals surface area contributed by atoms with Crippen LogP contribution < -0.4 is 0 Å². The highest BCUT2D eigenvalue weighted by Crippen LogP contribution is 2.10. The number of ketones is 1. The molecule has 2 heteroatoms. The van der Waals surface area contributed by atoms with Crippen LogP contribution in [0.5, 0.6) is 0 Å². The zero-order chi connectivity index (χ0) is 9.68. The van der Waals surface area contributed by atoms with Gasteiger partial charge in [0.1, 0.15) is 0 Å². The summed E-state index contributed by atoms with van der Waals surface area (Å²) in [6.45, 7) is 1.84. The van der Waals surface area contributed by atoms with Crippen molar-refractivity contribution in [3.63, 3.8) is 0 Å². The molecule has 0 saturated carbocycles. The van der Waals surface area contributed by atoms with Crippen LogP contribution in [0.2, 0.25) is 5.02 Å². The molecule has 0 saturated heterocycles. The predicted molar refractivity (Wildman–Crippen MR) is 55.8 cm³/mol. The van der Waals surface area contributed by atoms with E-state index in [0.717, 1.165) is 5.56 Å². The average molecular weight is 195 g/mol. The Morgan fingerprint density at radius 2 is 2.00 bits per heavy atom. The third kappa shape index (κ3) is 3.43. The van der Waals surface area contributed by atoms with Crippen LogP contribution in [0.4, 0.5) is 0 Å². The van der Waals surface area contributed by atoms with E-state index >= 15 is 0 Å². The molecule has 0 aliphatic heterocycles. The second-order valence-corrected chi connectivity index (χ2v) is 3.14. The summed E-state index contributed by atoms with van der Waals surface area (Å²) < 4.78 is 0. The molecule has 0 unspecified atom stereocenters. The molecule has 0 spiro atoms. The average Bonchev–Trinajstić information content (AvgIpc) is 2.16. The molecule has 0 N–H and O–H groups in total. The summed E-state index contributed by atoms with van der Waals surface area (Å²) in [7, 11) is 0. The number of halogens is 1. The van der Waals surface area contributed by atoms with Crippen molar-refractivity contribution in [3.8, 4) is 0 Å². The molecule has 0 aliphatic rings. The topological polar surface area (TPSA) is 17.1 Å². The minimum atomic E-state index is 0.134. The molecule has 0 amide bonds. The highest BCUT2D eigenvalue weighted by molar-refractivity contribution is 6.30. The lowest BCUT2D eigenvalue weighted by Crippen LogP contribution is -1.86. The molecule has 0 aromatic heterocycles. The monoisotopic (exact) mass is 194 g/mol. The van der Waals surface area contributed by atoms with Gasteiger partial charge < -0.3 is 0 Å². The van der Waals surface area contributed by atoms with Gasteiger partial charge in [0.2, 0.25) is 0 Å². The molecule has 1 nitrogen and oxygen atoms in total. The Bertz CT molecular complexity index is 311. The van der Waals surface area contributed by atoms with E-state index < -0.39 is 0 Å². The Morgan fingerprint density at radius 3 is 2.54 bits per heavy atom. The van der Waals surface area contributed by atoms with Gasteiger partial charge in [0.05, 0.1) is 0 Å². The summed E-state index contributed by atoms with van der Waals surface area (Å²) in [6.07, 6.45) is 3.93. The molecular formula is C11H11ClO. The molecule has 1 aromatic rings. The van der Waals surface area contributed by atoms with Crippen molar-refractivity contribution in [3.05, 3.63) is 40.9 Å². The smallest absolute Gasteiger partial charge is 0.155 e. The second-order valence-electron chi connectivity index (χ2n) is 2.70. The fourth-order valence-electron chi connectivity index (χ4n) is 0.881. The van der Waals surface area contributed by atoms with Gasteiger partial charge in [0, 0.05) is 11.4 Å². The fraction of sp³-hybridized carbons (Fsp3) is 0.182. The zero-order valence-electron chi connectivity index (χ0n) is 7.46. The third-order valence-electron chi connectivity index (χ3n) is 1.68. The standard InChI is InChI=1S/C11H11ClO/c1-2-11(13)8-5-9-3-6-10(12)7-4-9/h3-8H,2H2,1H3/b8-5+. The van der Waals surface area contributed by atoms with Gasteiger partial charge in [-0.05, 0) is 23.8 Å². The molecule has 0 atom stereocenters. The van der Waals surface area contributed by atoms with Crippen molar-refractivity contribution < 1.29 is 4.79 Å². The van der Waals surface area contributed by atoms with Crippen molar-refractivity contribution in [1.29, 1.82) is 0 Å². The van der Waals surface area contributed by atoms with Crippen LogP contribution in [0, 0.1) is 0 Å². The van der Waals surface area contributed by atoms with Crippen LogP contribution >= 0.6 is 11.6 Å². The molecule has 1 rings (SSSR count). The minimum absolute atomic E-state index is 0.134. The first-order valence-electron chi connectivity index (χ1n) is 4.19. The number of benzene rings is 1. The molecule has 0 heterocycles.